The molecule has 4 heterocycles. The lowest BCUT2D eigenvalue weighted by molar-refractivity contribution is -0.128. The van der Waals surface area contributed by atoms with Crippen LogP contribution in [0, 0.1) is 5.41 Å². The van der Waals surface area contributed by atoms with Crippen LogP contribution >= 0.6 is 0 Å². The molecule has 0 aliphatic carbocycles. The number of nitrogens with zero attached hydrogens (tertiary/aromatic N) is 4. The highest BCUT2D eigenvalue weighted by Crippen LogP contribution is 2.50. The van der Waals surface area contributed by atoms with Gasteiger partial charge in [0, 0.05) is 61.2 Å². The molecule has 0 radical (unpaired) electrons. The van der Waals surface area contributed by atoms with Gasteiger partial charge in [-0.3, -0.25) is 4.98 Å². The van der Waals surface area contributed by atoms with Crippen LogP contribution in [-0.2, 0) is 16.8 Å². The van der Waals surface area contributed by atoms with Crippen molar-refractivity contribution in [2.24, 2.45) is 5.41 Å². The Balaban J connectivity index is 1.50. The number of hydrogen-bond acceptors (Lipinski definition) is 7. The average molecular weight is 503 g/mol. The van der Waals surface area contributed by atoms with Crippen molar-refractivity contribution in [2.75, 3.05) is 33.4 Å². The van der Waals surface area contributed by atoms with Crippen molar-refractivity contribution in [3.8, 4) is 11.4 Å². The van der Waals surface area contributed by atoms with Crippen LogP contribution in [-0.4, -0.2) is 64.7 Å². The second-order valence-electron chi connectivity index (χ2n) is 10.2. The minimum absolute atomic E-state index is 0.142. The SMILES string of the molecule is CN1CC(C)([C@](O)(c2ccc(CC(F)(F)F)cc2)c2cncc(-c3noc(C4CCOCC4)n3)c2)C1. The van der Waals surface area contributed by atoms with Gasteiger partial charge in [0.25, 0.3) is 0 Å². The molecule has 10 heteroatoms. The number of aromatic nitrogens is 3. The van der Waals surface area contributed by atoms with E-state index in [2.05, 4.69) is 20.0 Å². The van der Waals surface area contributed by atoms with Crippen molar-refractivity contribution >= 4 is 0 Å². The zero-order valence-electron chi connectivity index (χ0n) is 20.3. The van der Waals surface area contributed by atoms with E-state index < -0.39 is 23.6 Å². The second-order valence-corrected chi connectivity index (χ2v) is 10.2. The standard InChI is InChI=1S/C26H29F3N4O3/c1-24(15-33(2)16-24)26(34,20-5-3-17(4-6-20)12-25(27,28)29)21-11-19(13-30-14-21)22-31-23(36-32-22)18-7-9-35-10-8-18/h3-6,11,13-14,18,34H,7-10,12,15-16H2,1-2H3/t26-/m0/s1. The molecule has 1 atom stereocenters. The molecule has 3 aromatic rings. The Morgan fingerprint density at radius 2 is 1.78 bits per heavy atom. The second kappa shape index (κ2) is 9.24. The highest BCUT2D eigenvalue weighted by Gasteiger charge is 2.55. The van der Waals surface area contributed by atoms with Crippen LogP contribution in [0.2, 0.25) is 0 Å². The quantitative estimate of drug-likeness (QED) is 0.538. The van der Waals surface area contributed by atoms with E-state index in [1.54, 1.807) is 30.6 Å². The molecule has 0 saturated carbocycles. The molecule has 1 aromatic carbocycles. The summed E-state index contributed by atoms with van der Waals surface area (Å²) in [6, 6.07) is 7.80. The zero-order valence-corrected chi connectivity index (χ0v) is 20.3. The molecule has 0 bridgehead atoms. The number of likely N-dealkylation sites (tertiary alicyclic amines) is 1. The first-order valence-electron chi connectivity index (χ1n) is 12.0. The van der Waals surface area contributed by atoms with E-state index >= 15 is 0 Å². The van der Waals surface area contributed by atoms with Crippen molar-refractivity contribution in [1.29, 1.82) is 0 Å². The summed E-state index contributed by atoms with van der Waals surface area (Å²) in [6.45, 7) is 4.49. The van der Waals surface area contributed by atoms with E-state index in [0.717, 1.165) is 12.8 Å². The van der Waals surface area contributed by atoms with Gasteiger partial charge in [0.05, 0.1) is 6.42 Å². The van der Waals surface area contributed by atoms with Crippen LogP contribution in [0.3, 0.4) is 0 Å². The average Bonchev–Trinajstić information content (AvgIpc) is 3.33. The van der Waals surface area contributed by atoms with Crippen LogP contribution in [0.4, 0.5) is 13.2 Å². The van der Waals surface area contributed by atoms with Crippen molar-refractivity contribution < 1.29 is 27.5 Å². The Kier molecular flexibility index (Phi) is 6.38. The predicted molar refractivity (Wildman–Crippen MR) is 125 cm³/mol. The lowest BCUT2D eigenvalue weighted by atomic mass is 9.62. The van der Waals surface area contributed by atoms with Crippen molar-refractivity contribution in [2.45, 2.75) is 43.9 Å². The number of rotatable bonds is 6. The Morgan fingerprint density at radius 3 is 2.42 bits per heavy atom. The largest absolute Gasteiger partial charge is 0.393 e. The van der Waals surface area contributed by atoms with Crippen molar-refractivity contribution in [3.63, 3.8) is 0 Å². The van der Waals surface area contributed by atoms with Gasteiger partial charge in [-0.15, -0.1) is 0 Å². The van der Waals surface area contributed by atoms with Crippen LogP contribution in [0.25, 0.3) is 11.4 Å². The molecule has 2 aromatic heterocycles. The molecule has 2 fully saturated rings. The third-order valence-electron chi connectivity index (χ3n) is 7.31. The molecule has 2 saturated heterocycles. The third-order valence-corrected chi connectivity index (χ3v) is 7.31. The van der Waals surface area contributed by atoms with Gasteiger partial charge >= 0.3 is 6.18 Å². The molecule has 2 aliphatic heterocycles. The third kappa shape index (κ3) is 4.65. The normalized spacial score (nSPS) is 20.6. The number of aliphatic hydroxyl groups is 1. The molecule has 0 unspecified atom stereocenters. The summed E-state index contributed by atoms with van der Waals surface area (Å²) < 4.78 is 49.6. The maximum absolute atomic E-state index is 12.9. The van der Waals surface area contributed by atoms with Crippen molar-refractivity contribution in [3.05, 3.63) is 65.3 Å². The van der Waals surface area contributed by atoms with E-state index in [0.29, 0.717) is 54.7 Å². The molecule has 2 aliphatic rings. The minimum atomic E-state index is -4.30. The van der Waals surface area contributed by atoms with Gasteiger partial charge in [-0.05, 0) is 37.1 Å². The summed E-state index contributed by atoms with van der Waals surface area (Å²) in [4.78, 5) is 11.0. The van der Waals surface area contributed by atoms with E-state index in [-0.39, 0.29) is 11.5 Å². The molecule has 7 nitrogen and oxygen atoms in total. The zero-order chi connectivity index (χ0) is 25.6. The Morgan fingerprint density at radius 1 is 1.08 bits per heavy atom. The van der Waals surface area contributed by atoms with E-state index in [1.807, 2.05) is 14.0 Å². The summed E-state index contributed by atoms with van der Waals surface area (Å²) in [5, 5.41) is 16.4. The van der Waals surface area contributed by atoms with Gasteiger partial charge < -0.3 is 19.3 Å². The maximum atomic E-state index is 12.9. The van der Waals surface area contributed by atoms with Crippen LogP contribution in [0.1, 0.15) is 48.3 Å². The molecular formula is C26H29F3N4O3. The number of alkyl halides is 3. The Labute approximate surface area is 207 Å². The summed E-state index contributed by atoms with van der Waals surface area (Å²) in [6.07, 6.45) is -0.477. The number of benzene rings is 1. The first-order chi connectivity index (χ1) is 17.1. The fourth-order valence-corrected chi connectivity index (χ4v) is 5.56. The van der Waals surface area contributed by atoms with E-state index in [9.17, 15) is 18.3 Å². The van der Waals surface area contributed by atoms with E-state index in [4.69, 9.17) is 9.26 Å². The van der Waals surface area contributed by atoms with Gasteiger partial charge in [-0.1, -0.05) is 36.3 Å². The van der Waals surface area contributed by atoms with E-state index in [1.165, 1.54) is 12.1 Å². The monoisotopic (exact) mass is 502 g/mol. The molecular weight excluding hydrogens is 473 g/mol. The highest BCUT2D eigenvalue weighted by molar-refractivity contribution is 5.56. The smallest absolute Gasteiger partial charge is 0.381 e. The number of hydrogen-bond donors (Lipinski definition) is 1. The lowest BCUT2D eigenvalue weighted by Gasteiger charge is -2.55. The predicted octanol–water partition coefficient (Wildman–Crippen LogP) is 4.32. The molecule has 192 valence electrons. The number of halogens is 3. The summed E-state index contributed by atoms with van der Waals surface area (Å²) >= 11 is 0. The van der Waals surface area contributed by atoms with Crippen LogP contribution in [0.15, 0.2) is 47.2 Å². The highest BCUT2D eigenvalue weighted by atomic mass is 19.4. The molecule has 36 heavy (non-hydrogen) atoms. The van der Waals surface area contributed by atoms with Gasteiger partial charge in [0.1, 0.15) is 5.60 Å². The number of ether oxygens (including phenoxy) is 1. The molecule has 1 N–H and O–H groups in total. The maximum Gasteiger partial charge on any atom is 0.393 e. The first-order valence-corrected chi connectivity index (χ1v) is 12.0. The Hall–Kier alpha value is -2.82. The lowest BCUT2D eigenvalue weighted by Crippen LogP contribution is -2.63. The fraction of sp³-hybridized carbons (Fsp3) is 0.500. The van der Waals surface area contributed by atoms with Crippen LogP contribution < -0.4 is 0 Å². The van der Waals surface area contributed by atoms with Gasteiger partial charge in [0.15, 0.2) is 0 Å². The topological polar surface area (TPSA) is 84.5 Å². The summed E-state index contributed by atoms with van der Waals surface area (Å²) in [5.41, 5.74) is -0.303. The minimum Gasteiger partial charge on any atom is -0.381 e. The first kappa shape index (κ1) is 24.9. The summed E-state index contributed by atoms with van der Waals surface area (Å²) in [7, 11) is 1.96. The van der Waals surface area contributed by atoms with Crippen molar-refractivity contribution in [1.82, 2.24) is 20.0 Å². The fourth-order valence-electron chi connectivity index (χ4n) is 5.56. The Bertz CT molecular complexity index is 1200. The molecule has 0 spiro atoms. The summed E-state index contributed by atoms with van der Waals surface area (Å²) in [5.74, 6) is 1.08. The van der Waals surface area contributed by atoms with Gasteiger partial charge in [0.2, 0.25) is 11.7 Å². The number of pyridine rings is 1. The molecule has 5 rings (SSSR count). The molecule has 0 amide bonds. The van der Waals surface area contributed by atoms with Crippen LogP contribution in [0.5, 0.6) is 0 Å². The van der Waals surface area contributed by atoms with Gasteiger partial charge in [-0.2, -0.15) is 18.2 Å². The van der Waals surface area contributed by atoms with Gasteiger partial charge in [-0.25, -0.2) is 0 Å².